The summed E-state index contributed by atoms with van der Waals surface area (Å²) in [5.41, 5.74) is 2.60. The van der Waals surface area contributed by atoms with Crippen LogP contribution in [0.1, 0.15) is 76.8 Å². The number of hydrogen-bond donors (Lipinski definition) is 6. The number of aliphatic hydroxyl groups excluding tert-OH is 2. The summed E-state index contributed by atoms with van der Waals surface area (Å²) in [5, 5.41) is 54.0. The molecule has 9 unspecified atom stereocenters. The molecule has 5 aliphatic rings. The Kier molecular flexibility index (Phi) is 14.4. The van der Waals surface area contributed by atoms with E-state index in [-0.39, 0.29) is 30.6 Å². The molecule has 9 nitrogen and oxygen atoms in total. The Bertz CT molecular complexity index is 1880. The Morgan fingerprint density at radius 2 is 1.92 bits per heavy atom. The molecule has 1 aromatic carbocycles. The van der Waals surface area contributed by atoms with Gasteiger partial charge in [-0.05, 0) is 120 Å². The summed E-state index contributed by atoms with van der Waals surface area (Å²) in [5.74, 6) is -0.855. The Labute approximate surface area is 352 Å². The normalized spacial score (nSPS) is 36.4. The van der Waals surface area contributed by atoms with Crippen molar-refractivity contribution in [3.05, 3.63) is 118 Å². The van der Waals surface area contributed by atoms with E-state index < -0.39 is 40.7 Å². The van der Waals surface area contributed by atoms with E-state index in [1.165, 1.54) is 16.7 Å². The third-order valence-electron chi connectivity index (χ3n) is 14.9. The summed E-state index contributed by atoms with van der Waals surface area (Å²) >= 11 is 0. The average molecular weight is 811 g/mol. The Morgan fingerprint density at radius 3 is 2.64 bits per heavy atom. The number of benzene rings is 1. The number of aliphatic hydroxyl groups is 4. The van der Waals surface area contributed by atoms with Crippen LogP contribution in [0.4, 0.5) is 0 Å². The fourth-order valence-corrected chi connectivity index (χ4v) is 11.9. The quantitative estimate of drug-likeness (QED) is 0.0376. The SMILES string of the molecule is C=C(C=CC=C(COCO)C1CCC23C4C(=C(C)C=O)C(C=CC4(CCO)C=CC12O)CC3(O)CCNC)C1CC=C(C)CNC(C)(CCOC)Cc2cccc(c2)C1. The van der Waals surface area contributed by atoms with Gasteiger partial charge in [0.25, 0.3) is 0 Å². The fourth-order valence-electron chi connectivity index (χ4n) is 11.9. The van der Waals surface area contributed by atoms with Gasteiger partial charge in [0.15, 0.2) is 0 Å². The number of hydrogen-bond acceptors (Lipinski definition) is 9. The molecule has 9 atom stereocenters. The molecule has 0 amide bonds. The van der Waals surface area contributed by atoms with Gasteiger partial charge in [0.1, 0.15) is 13.1 Å². The Balaban J connectivity index is 1.36. The van der Waals surface area contributed by atoms with Gasteiger partial charge >= 0.3 is 0 Å². The number of rotatable bonds is 16. The molecule has 6 N–H and O–H groups in total. The molecular weight excluding hydrogens is 741 g/mol. The smallest absolute Gasteiger partial charge is 0.145 e. The van der Waals surface area contributed by atoms with Crippen molar-refractivity contribution in [3.63, 3.8) is 0 Å². The summed E-state index contributed by atoms with van der Waals surface area (Å²) in [6.07, 6.45) is 23.3. The lowest BCUT2D eigenvalue weighted by Gasteiger charge is -2.68. The zero-order valence-corrected chi connectivity index (χ0v) is 36.1. The fraction of sp³-hybridized carbons (Fsp3) is 0.580. The molecule has 2 fully saturated rings. The van der Waals surface area contributed by atoms with Crippen molar-refractivity contribution in [1.82, 2.24) is 10.6 Å². The van der Waals surface area contributed by atoms with E-state index in [0.29, 0.717) is 50.8 Å². The zero-order chi connectivity index (χ0) is 42.5. The van der Waals surface area contributed by atoms with Crippen LogP contribution in [-0.4, -0.2) is 97.3 Å². The van der Waals surface area contributed by atoms with Crippen LogP contribution in [0.5, 0.6) is 0 Å². The van der Waals surface area contributed by atoms with Crippen molar-refractivity contribution >= 4 is 6.29 Å². The van der Waals surface area contributed by atoms with Crippen molar-refractivity contribution in [1.29, 1.82) is 0 Å². The predicted octanol–water partition coefficient (Wildman–Crippen LogP) is 6.26. The van der Waals surface area contributed by atoms with Gasteiger partial charge in [-0.2, -0.15) is 0 Å². The molecule has 0 aromatic heterocycles. The van der Waals surface area contributed by atoms with Crippen molar-refractivity contribution < 1.29 is 34.7 Å². The molecule has 6 rings (SSSR count). The second-order valence-corrected chi connectivity index (χ2v) is 18.5. The number of carbonyl (C=O) groups is 1. The minimum absolute atomic E-state index is 0.0761. The van der Waals surface area contributed by atoms with E-state index in [0.717, 1.165) is 55.2 Å². The van der Waals surface area contributed by atoms with Crippen molar-refractivity contribution in [2.45, 2.75) is 95.3 Å². The highest BCUT2D eigenvalue weighted by Gasteiger charge is 2.77. The summed E-state index contributed by atoms with van der Waals surface area (Å²) in [7, 11) is 3.63. The first-order chi connectivity index (χ1) is 28.3. The number of nitrogens with one attached hydrogen (secondary N) is 2. The van der Waals surface area contributed by atoms with Gasteiger partial charge in [0.2, 0.25) is 0 Å². The number of aldehydes is 1. The van der Waals surface area contributed by atoms with Crippen LogP contribution >= 0.6 is 0 Å². The van der Waals surface area contributed by atoms with E-state index in [9.17, 15) is 25.2 Å². The molecule has 1 aromatic rings. The standard InChI is InChI=1S/C50H70N2O7/c1-35-13-14-40(28-38-10-8-11-39(27-38)29-46(4,52-31-35)23-26-58-6)36(2)9-7-12-42(33-59-34-55)43-16-18-49-45-44(37(3)32-54)41(30-48(49,56)21-24-51-5)15-17-47(45,22-25-53)19-20-50(43,49)57/h7-13,15,17,19-20,27,32,40-41,43,45,51-53,55-57H,2,14,16,18,21-26,28-31,33-34H2,1,3-6H3. The van der Waals surface area contributed by atoms with Crippen LogP contribution in [0, 0.1) is 34.5 Å². The van der Waals surface area contributed by atoms with E-state index in [2.05, 4.69) is 79.6 Å². The number of ether oxygens (including phenoxy) is 2. The summed E-state index contributed by atoms with van der Waals surface area (Å²) in [6.45, 7) is 12.5. The second-order valence-electron chi connectivity index (χ2n) is 18.5. The van der Waals surface area contributed by atoms with Crippen LogP contribution in [0.25, 0.3) is 0 Å². The highest BCUT2D eigenvalue weighted by molar-refractivity contribution is 5.75. The van der Waals surface area contributed by atoms with E-state index in [1.807, 2.05) is 38.3 Å². The predicted molar refractivity (Wildman–Crippen MR) is 234 cm³/mol. The maximum atomic E-state index is 13.5. The molecule has 1 heterocycles. The third kappa shape index (κ3) is 8.64. The number of carbonyl (C=O) groups excluding carboxylic acids is 1. The summed E-state index contributed by atoms with van der Waals surface area (Å²) in [6, 6.07) is 8.89. The highest BCUT2D eigenvalue weighted by Crippen LogP contribution is 2.75. The van der Waals surface area contributed by atoms with Gasteiger partial charge in [0, 0.05) is 61.0 Å². The third-order valence-corrected chi connectivity index (χ3v) is 14.9. The lowest BCUT2D eigenvalue weighted by molar-refractivity contribution is -0.233. The highest BCUT2D eigenvalue weighted by atomic mass is 16.6. The maximum absolute atomic E-state index is 13.5. The molecule has 9 heteroatoms. The molecule has 2 saturated carbocycles. The van der Waals surface area contributed by atoms with Crippen LogP contribution < -0.4 is 10.6 Å². The molecule has 59 heavy (non-hydrogen) atoms. The molecule has 1 spiro atoms. The van der Waals surface area contributed by atoms with Gasteiger partial charge in [-0.1, -0.05) is 96.2 Å². The van der Waals surface area contributed by atoms with E-state index in [1.54, 1.807) is 7.11 Å². The summed E-state index contributed by atoms with van der Waals surface area (Å²) in [4.78, 5) is 12.6. The van der Waals surface area contributed by atoms with Gasteiger partial charge in [-0.3, -0.25) is 4.79 Å². The monoisotopic (exact) mass is 811 g/mol. The number of methoxy groups -OCH3 is 1. The average Bonchev–Trinajstić information content (AvgIpc) is 3.54. The van der Waals surface area contributed by atoms with Gasteiger partial charge in [-0.25, -0.2) is 0 Å². The molecule has 4 aliphatic carbocycles. The van der Waals surface area contributed by atoms with Gasteiger partial charge in [0.05, 0.1) is 17.8 Å². The second kappa shape index (κ2) is 18.8. The first kappa shape index (κ1) is 45.3. The Morgan fingerprint density at radius 1 is 1.12 bits per heavy atom. The van der Waals surface area contributed by atoms with E-state index in [4.69, 9.17) is 9.47 Å². The topological polar surface area (TPSA) is 141 Å². The molecule has 0 saturated heterocycles. The van der Waals surface area contributed by atoms with Crippen molar-refractivity contribution in [2.24, 2.45) is 34.5 Å². The molecule has 1 aliphatic heterocycles. The lowest BCUT2D eigenvalue weighted by Crippen LogP contribution is -2.72. The maximum Gasteiger partial charge on any atom is 0.145 e. The minimum atomic E-state index is -1.52. The number of fused-ring (bicyclic) bond motifs is 3. The Hall–Kier alpha value is -3.25. The van der Waals surface area contributed by atoms with Crippen LogP contribution in [0.3, 0.4) is 0 Å². The van der Waals surface area contributed by atoms with Gasteiger partial charge in [-0.15, -0.1) is 0 Å². The lowest BCUT2D eigenvalue weighted by atomic mass is 9.37. The van der Waals surface area contributed by atoms with Gasteiger partial charge < -0.3 is 40.5 Å². The van der Waals surface area contributed by atoms with Crippen LogP contribution in [-0.2, 0) is 27.1 Å². The molecule has 322 valence electrons. The molecule has 4 bridgehead atoms. The largest absolute Gasteiger partial charge is 0.396 e. The van der Waals surface area contributed by atoms with Crippen molar-refractivity contribution in [2.75, 3.05) is 53.9 Å². The number of allylic oxidation sites excluding steroid dienone is 10. The van der Waals surface area contributed by atoms with E-state index >= 15 is 0 Å². The first-order valence-corrected chi connectivity index (χ1v) is 21.8. The first-order valence-electron chi connectivity index (χ1n) is 21.8. The zero-order valence-electron chi connectivity index (χ0n) is 36.1. The minimum Gasteiger partial charge on any atom is -0.396 e. The van der Waals surface area contributed by atoms with Crippen molar-refractivity contribution in [3.8, 4) is 0 Å². The van der Waals surface area contributed by atoms with Crippen LogP contribution in [0.2, 0.25) is 0 Å². The van der Waals surface area contributed by atoms with Crippen LogP contribution in [0.15, 0.2) is 107 Å². The molecule has 0 radical (unpaired) electrons. The molecular formula is C50H70N2O7. The summed E-state index contributed by atoms with van der Waals surface area (Å²) < 4.78 is 11.2.